The second kappa shape index (κ2) is 3.64. The third-order valence-corrected chi connectivity index (χ3v) is 2.16. The van der Waals surface area contributed by atoms with Gasteiger partial charge in [-0.2, -0.15) is 0 Å². The molecule has 0 aliphatic heterocycles. The van der Waals surface area contributed by atoms with Crippen LogP contribution < -0.4 is 10.5 Å². The molecule has 1 aromatic heterocycles. The maximum Gasteiger partial charge on any atom is 0.119 e. The van der Waals surface area contributed by atoms with E-state index in [4.69, 9.17) is 10.5 Å². The van der Waals surface area contributed by atoms with Crippen LogP contribution in [0.2, 0.25) is 0 Å². The van der Waals surface area contributed by atoms with Gasteiger partial charge in [-0.25, -0.2) is 0 Å². The smallest absolute Gasteiger partial charge is 0.119 e. The van der Waals surface area contributed by atoms with Gasteiger partial charge in [0.25, 0.3) is 0 Å². The summed E-state index contributed by atoms with van der Waals surface area (Å²) in [6.45, 7) is 0.474. The zero-order valence-corrected chi connectivity index (χ0v) is 8.03. The van der Waals surface area contributed by atoms with Crippen molar-refractivity contribution in [2.45, 2.75) is 6.54 Å². The highest BCUT2D eigenvalue weighted by Crippen LogP contribution is 2.19. The molecule has 0 bridgehead atoms. The van der Waals surface area contributed by atoms with Crippen LogP contribution in [0.3, 0.4) is 0 Å². The first-order valence-electron chi connectivity index (χ1n) is 4.47. The largest absolute Gasteiger partial charge is 0.497 e. The average Bonchev–Trinajstić information content (AvgIpc) is 2.27. The third-order valence-electron chi connectivity index (χ3n) is 2.16. The van der Waals surface area contributed by atoms with E-state index in [9.17, 15) is 0 Å². The van der Waals surface area contributed by atoms with Gasteiger partial charge in [0.05, 0.1) is 18.3 Å². The van der Waals surface area contributed by atoms with Gasteiger partial charge in [-0.15, -0.1) is 0 Å². The van der Waals surface area contributed by atoms with Crippen molar-refractivity contribution in [2.75, 3.05) is 7.11 Å². The van der Waals surface area contributed by atoms with Crippen LogP contribution in [0.25, 0.3) is 10.9 Å². The maximum absolute atomic E-state index is 5.51. The van der Waals surface area contributed by atoms with Crippen LogP contribution in [0.1, 0.15) is 5.69 Å². The lowest BCUT2D eigenvalue weighted by Gasteiger charge is -2.03. The van der Waals surface area contributed by atoms with E-state index in [1.54, 1.807) is 7.11 Å². The van der Waals surface area contributed by atoms with Gasteiger partial charge >= 0.3 is 0 Å². The van der Waals surface area contributed by atoms with Crippen molar-refractivity contribution in [2.24, 2.45) is 5.73 Å². The highest BCUT2D eigenvalue weighted by Gasteiger charge is 1.98. The molecule has 0 saturated heterocycles. The summed E-state index contributed by atoms with van der Waals surface area (Å²) in [4.78, 5) is 4.39. The van der Waals surface area contributed by atoms with E-state index in [0.29, 0.717) is 6.54 Å². The van der Waals surface area contributed by atoms with Gasteiger partial charge in [0.2, 0.25) is 0 Å². The molecule has 2 aromatic rings. The fourth-order valence-corrected chi connectivity index (χ4v) is 1.39. The van der Waals surface area contributed by atoms with E-state index in [-0.39, 0.29) is 0 Å². The van der Waals surface area contributed by atoms with Crippen LogP contribution in [0.15, 0.2) is 30.3 Å². The first kappa shape index (κ1) is 8.97. The topological polar surface area (TPSA) is 48.1 Å². The minimum atomic E-state index is 0.474. The number of benzene rings is 1. The molecular formula is C11H12N2O. The van der Waals surface area contributed by atoms with Crippen molar-refractivity contribution in [1.82, 2.24) is 4.98 Å². The van der Waals surface area contributed by atoms with Crippen LogP contribution >= 0.6 is 0 Å². The molecule has 0 radical (unpaired) electrons. The molecule has 0 spiro atoms. The van der Waals surface area contributed by atoms with E-state index in [1.165, 1.54) is 0 Å². The third kappa shape index (κ3) is 1.54. The summed E-state index contributed by atoms with van der Waals surface area (Å²) in [6, 6.07) is 9.74. The summed E-state index contributed by atoms with van der Waals surface area (Å²) in [5.74, 6) is 0.847. The van der Waals surface area contributed by atoms with E-state index in [2.05, 4.69) is 4.98 Å². The molecule has 0 atom stereocenters. The van der Waals surface area contributed by atoms with Gasteiger partial charge in [0.1, 0.15) is 5.75 Å². The van der Waals surface area contributed by atoms with Crippen LogP contribution in [-0.4, -0.2) is 12.1 Å². The average molecular weight is 188 g/mol. The fraction of sp³-hybridized carbons (Fsp3) is 0.182. The SMILES string of the molecule is COc1ccc2nc(CN)ccc2c1. The van der Waals surface area contributed by atoms with Gasteiger partial charge in [0.15, 0.2) is 0 Å². The van der Waals surface area contributed by atoms with Gasteiger partial charge in [-0.05, 0) is 24.3 Å². The fourth-order valence-electron chi connectivity index (χ4n) is 1.39. The zero-order valence-electron chi connectivity index (χ0n) is 8.03. The zero-order chi connectivity index (χ0) is 9.97. The van der Waals surface area contributed by atoms with Crippen LogP contribution in [-0.2, 0) is 6.54 Å². The Morgan fingerprint density at radius 3 is 2.86 bits per heavy atom. The molecule has 1 aromatic carbocycles. The summed E-state index contributed by atoms with van der Waals surface area (Å²) < 4.78 is 5.13. The molecule has 72 valence electrons. The van der Waals surface area contributed by atoms with Gasteiger partial charge in [-0.3, -0.25) is 4.98 Å². The number of methoxy groups -OCH3 is 1. The van der Waals surface area contributed by atoms with Gasteiger partial charge < -0.3 is 10.5 Å². The van der Waals surface area contributed by atoms with E-state index >= 15 is 0 Å². The standard InChI is InChI=1S/C11H12N2O/c1-14-10-4-5-11-8(6-10)2-3-9(7-12)13-11/h2-6H,7,12H2,1H3. The minimum absolute atomic E-state index is 0.474. The van der Waals surface area contributed by atoms with E-state index in [1.807, 2.05) is 30.3 Å². The van der Waals surface area contributed by atoms with Gasteiger partial charge in [0, 0.05) is 11.9 Å². The highest BCUT2D eigenvalue weighted by molar-refractivity contribution is 5.80. The normalized spacial score (nSPS) is 10.4. The first-order chi connectivity index (χ1) is 6.83. The van der Waals surface area contributed by atoms with E-state index < -0.39 is 0 Å². The second-order valence-corrected chi connectivity index (χ2v) is 3.07. The first-order valence-corrected chi connectivity index (χ1v) is 4.47. The molecule has 3 heteroatoms. The summed E-state index contributed by atoms with van der Waals surface area (Å²) in [6.07, 6.45) is 0. The number of aromatic nitrogens is 1. The molecule has 0 aliphatic carbocycles. The number of ether oxygens (including phenoxy) is 1. The number of fused-ring (bicyclic) bond motifs is 1. The quantitative estimate of drug-likeness (QED) is 0.780. The summed E-state index contributed by atoms with van der Waals surface area (Å²) >= 11 is 0. The minimum Gasteiger partial charge on any atom is -0.497 e. The summed E-state index contributed by atoms with van der Waals surface area (Å²) in [5.41, 5.74) is 7.37. The predicted molar refractivity (Wildman–Crippen MR) is 56.2 cm³/mol. The molecule has 2 N–H and O–H groups in total. The van der Waals surface area contributed by atoms with Crippen molar-refractivity contribution >= 4 is 10.9 Å². The highest BCUT2D eigenvalue weighted by atomic mass is 16.5. The molecule has 0 unspecified atom stereocenters. The van der Waals surface area contributed by atoms with Crippen molar-refractivity contribution < 1.29 is 4.74 Å². The van der Waals surface area contributed by atoms with Crippen LogP contribution in [0.5, 0.6) is 5.75 Å². The number of nitrogens with two attached hydrogens (primary N) is 1. The number of rotatable bonds is 2. The lowest BCUT2D eigenvalue weighted by atomic mass is 10.2. The Labute approximate surface area is 82.5 Å². The Kier molecular flexibility index (Phi) is 2.33. The Morgan fingerprint density at radius 1 is 1.29 bits per heavy atom. The number of hydrogen-bond acceptors (Lipinski definition) is 3. The Balaban J connectivity index is 2.57. The lowest BCUT2D eigenvalue weighted by Crippen LogP contribution is -1.99. The second-order valence-electron chi connectivity index (χ2n) is 3.07. The van der Waals surface area contributed by atoms with Crippen molar-refractivity contribution in [3.63, 3.8) is 0 Å². The predicted octanol–water partition coefficient (Wildman–Crippen LogP) is 1.70. The lowest BCUT2D eigenvalue weighted by molar-refractivity contribution is 0.415. The Bertz CT molecular complexity index is 411. The maximum atomic E-state index is 5.51. The molecule has 0 saturated carbocycles. The molecule has 3 nitrogen and oxygen atoms in total. The Morgan fingerprint density at radius 2 is 2.14 bits per heavy atom. The summed E-state index contributed by atoms with van der Waals surface area (Å²) in [7, 11) is 1.66. The Hall–Kier alpha value is -1.61. The van der Waals surface area contributed by atoms with Crippen LogP contribution in [0, 0.1) is 0 Å². The molecule has 0 fully saturated rings. The molecule has 0 aliphatic rings. The number of nitrogens with zero attached hydrogens (tertiary/aromatic N) is 1. The molecule has 2 rings (SSSR count). The number of pyridine rings is 1. The number of hydrogen-bond donors (Lipinski definition) is 1. The van der Waals surface area contributed by atoms with Gasteiger partial charge in [-0.1, -0.05) is 6.07 Å². The van der Waals surface area contributed by atoms with Crippen molar-refractivity contribution in [1.29, 1.82) is 0 Å². The van der Waals surface area contributed by atoms with E-state index in [0.717, 1.165) is 22.3 Å². The van der Waals surface area contributed by atoms with Crippen molar-refractivity contribution in [3.8, 4) is 5.75 Å². The molecular weight excluding hydrogens is 176 g/mol. The molecule has 1 heterocycles. The molecule has 0 amide bonds. The van der Waals surface area contributed by atoms with Crippen LogP contribution in [0.4, 0.5) is 0 Å². The monoisotopic (exact) mass is 188 g/mol. The van der Waals surface area contributed by atoms with Crippen molar-refractivity contribution in [3.05, 3.63) is 36.0 Å². The molecule has 14 heavy (non-hydrogen) atoms. The summed E-state index contributed by atoms with van der Waals surface area (Å²) in [5, 5.41) is 1.07.